The maximum absolute atomic E-state index is 13.2. The number of nitrogens with one attached hydrogen (secondary N) is 2. The summed E-state index contributed by atoms with van der Waals surface area (Å²) in [6.45, 7) is 0.966. The van der Waals surface area contributed by atoms with Crippen LogP contribution in [0.2, 0.25) is 0 Å². The monoisotopic (exact) mass is 466 g/mol. The van der Waals surface area contributed by atoms with Crippen LogP contribution in [0, 0.1) is 0 Å². The third kappa shape index (κ3) is 5.43. The van der Waals surface area contributed by atoms with Gasteiger partial charge in [0.05, 0.1) is 14.2 Å². The van der Waals surface area contributed by atoms with E-state index in [1.165, 1.54) is 11.3 Å². The average molecular weight is 467 g/mol. The maximum Gasteiger partial charge on any atom is 0.318 e. The van der Waals surface area contributed by atoms with Crippen LogP contribution < -0.4 is 20.1 Å². The molecule has 1 atom stereocenters. The molecule has 8 nitrogen and oxygen atoms in total. The van der Waals surface area contributed by atoms with E-state index in [9.17, 15) is 9.59 Å². The fourth-order valence-electron chi connectivity index (χ4n) is 3.83. The molecular formula is C24H26N4O4S. The number of ether oxygens (including phenoxy) is 2. The highest BCUT2D eigenvalue weighted by Gasteiger charge is 2.27. The first kappa shape index (κ1) is 22.6. The summed E-state index contributed by atoms with van der Waals surface area (Å²) in [6, 6.07) is 12.5. The van der Waals surface area contributed by atoms with Crippen molar-refractivity contribution in [1.82, 2.24) is 15.2 Å². The third-order valence-corrected chi connectivity index (χ3v) is 6.25. The summed E-state index contributed by atoms with van der Waals surface area (Å²) in [4.78, 5) is 32.0. The molecule has 2 N–H and O–H groups in total. The molecule has 0 saturated heterocycles. The van der Waals surface area contributed by atoms with Crippen LogP contribution in [0.5, 0.6) is 11.5 Å². The molecule has 9 heteroatoms. The Labute approximate surface area is 196 Å². The minimum atomic E-state index is -0.740. The molecule has 2 heterocycles. The topological polar surface area (TPSA) is 92.8 Å². The molecular weight excluding hydrogens is 440 g/mol. The van der Waals surface area contributed by atoms with E-state index in [1.807, 2.05) is 42.5 Å². The summed E-state index contributed by atoms with van der Waals surface area (Å²) in [5.41, 5.74) is 3.08. The molecule has 1 aromatic heterocycles. The second kappa shape index (κ2) is 10.4. The van der Waals surface area contributed by atoms with Gasteiger partial charge in [-0.05, 0) is 35.2 Å². The van der Waals surface area contributed by atoms with Crippen molar-refractivity contribution in [3.8, 4) is 11.5 Å². The van der Waals surface area contributed by atoms with Crippen LogP contribution >= 0.6 is 11.3 Å². The Kier molecular flexibility index (Phi) is 7.09. The zero-order valence-electron chi connectivity index (χ0n) is 18.5. The standard InChI is InChI=1S/C24H26N4O4S/c1-31-20-13-17-8-10-28(15-18(17)14-21(20)32-2)24(30)26-19(12-16-6-4-3-5-7-16)22(29)27-23-25-9-11-33-23/h3-7,9,11,13-14,19H,8,10,12,15H2,1-2H3,(H,26,30)(H,25,27,29). The number of methoxy groups -OCH3 is 2. The second-order valence-corrected chi connectivity index (χ2v) is 8.56. The van der Waals surface area contributed by atoms with Crippen molar-refractivity contribution < 1.29 is 19.1 Å². The molecule has 0 radical (unpaired) electrons. The smallest absolute Gasteiger partial charge is 0.318 e. The van der Waals surface area contributed by atoms with Gasteiger partial charge in [0.15, 0.2) is 16.6 Å². The number of hydrogen-bond acceptors (Lipinski definition) is 6. The Morgan fingerprint density at radius 3 is 2.52 bits per heavy atom. The van der Waals surface area contributed by atoms with Gasteiger partial charge in [-0.2, -0.15) is 0 Å². The van der Waals surface area contributed by atoms with Gasteiger partial charge < -0.3 is 25.0 Å². The van der Waals surface area contributed by atoms with Crippen LogP contribution in [0.4, 0.5) is 9.93 Å². The van der Waals surface area contributed by atoms with Crippen molar-refractivity contribution in [1.29, 1.82) is 0 Å². The van der Waals surface area contributed by atoms with Gasteiger partial charge in [0.1, 0.15) is 6.04 Å². The summed E-state index contributed by atoms with van der Waals surface area (Å²) >= 11 is 1.33. The highest BCUT2D eigenvalue weighted by atomic mass is 32.1. The molecule has 1 aliphatic rings. The van der Waals surface area contributed by atoms with Crippen LogP contribution in [-0.4, -0.2) is 48.6 Å². The molecule has 0 bridgehead atoms. The summed E-state index contributed by atoms with van der Waals surface area (Å²) in [7, 11) is 3.20. The van der Waals surface area contributed by atoms with Gasteiger partial charge in [-0.25, -0.2) is 9.78 Å². The van der Waals surface area contributed by atoms with Gasteiger partial charge in [0, 0.05) is 31.1 Å². The number of benzene rings is 2. The van der Waals surface area contributed by atoms with Crippen LogP contribution in [0.1, 0.15) is 16.7 Å². The molecule has 3 aromatic rings. The summed E-state index contributed by atoms with van der Waals surface area (Å²) in [5.74, 6) is 1.00. The van der Waals surface area contributed by atoms with Gasteiger partial charge in [0.2, 0.25) is 5.91 Å². The lowest BCUT2D eigenvalue weighted by molar-refractivity contribution is -0.118. The Morgan fingerprint density at radius 1 is 1.12 bits per heavy atom. The highest BCUT2D eigenvalue weighted by molar-refractivity contribution is 7.13. The molecule has 0 fully saturated rings. The molecule has 2 aromatic carbocycles. The zero-order valence-corrected chi connectivity index (χ0v) is 19.4. The van der Waals surface area contributed by atoms with E-state index in [4.69, 9.17) is 9.47 Å². The second-order valence-electron chi connectivity index (χ2n) is 7.67. The minimum Gasteiger partial charge on any atom is -0.493 e. The predicted octanol–water partition coefficient (Wildman–Crippen LogP) is 3.48. The van der Waals surface area contributed by atoms with Gasteiger partial charge in [-0.1, -0.05) is 30.3 Å². The molecule has 3 amide bonds. The molecule has 1 unspecified atom stereocenters. The van der Waals surface area contributed by atoms with Crippen LogP contribution in [0.15, 0.2) is 54.0 Å². The van der Waals surface area contributed by atoms with E-state index < -0.39 is 6.04 Å². The lowest BCUT2D eigenvalue weighted by Crippen LogP contribution is -2.51. The first-order valence-corrected chi connectivity index (χ1v) is 11.5. The third-order valence-electron chi connectivity index (χ3n) is 5.56. The number of carbonyl (C=O) groups excluding carboxylic acids is 2. The molecule has 33 heavy (non-hydrogen) atoms. The molecule has 0 saturated carbocycles. The molecule has 172 valence electrons. The number of anilines is 1. The van der Waals surface area contributed by atoms with E-state index in [2.05, 4.69) is 15.6 Å². The summed E-state index contributed by atoms with van der Waals surface area (Å²) < 4.78 is 10.8. The number of rotatable bonds is 7. The number of hydrogen-bond donors (Lipinski definition) is 2. The number of amides is 3. The number of nitrogens with zero attached hydrogens (tertiary/aromatic N) is 2. The van der Waals surface area contributed by atoms with Crippen LogP contribution in [0.25, 0.3) is 0 Å². The lowest BCUT2D eigenvalue weighted by Gasteiger charge is -2.31. The highest BCUT2D eigenvalue weighted by Crippen LogP contribution is 2.33. The molecule has 4 rings (SSSR count). The summed E-state index contributed by atoms with van der Waals surface area (Å²) in [5, 5.41) is 8.01. The quantitative estimate of drug-likeness (QED) is 0.556. The van der Waals surface area contributed by atoms with E-state index in [0.717, 1.165) is 16.7 Å². The molecule has 1 aliphatic heterocycles. The Hall–Kier alpha value is -3.59. The lowest BCUT2D eigenvalue weighted by atomic mass is 9.99. The van der Waals surface area contributed by atoms with E-state index >= 15 is 0 Å². The van der Waals surface area contributed by atoms with Gasteiger partial charge in [-0.15, -0.1) is 11.3 Å². The molecule has 0 spiro atoms. The SMILES string of the molecule is COc1cc2c(cc1OC)CN(C(=O)NC(Cc1ccccc1)C(=O)Nc1nccs1)CC2. The van der Waals surface area contributed by atoms with E-state index in [0.29, 0.717) is 42.6 Å². The first-order chi connectivity index (χ1) is 16.1. The van der Waals surface area contributed by atoms with Gasteiger partial charge in [-0.3, -0.25) is 4.79 Å². The van der Waals surface area contributed by atoms with Crippen molar-refractivity contribution in [2.75, 3.05) is 26.1 Å². The first-order valence-electron chi connectivity index (χ1n) is 10.6. The van der Waals surface area contributed by atoms with Crippen molar-refractivity contribution in [3.05, 3.63) is 70.7 Å². The molecule has 0 aliphatic carbocycles. The van der Waals surface area contributed by atoms with E-state index in [1.54, 1.807) is 30.7 Å². The maximum atomic E-state index is 13.2. The average Bonchev–Trinajstić information content (AvgIpc) is 3.35. The number of thiazole rings is 1. The normalized spacial score (nSPS) is 13.6. The van der Waals surface area contributed by atoms with Crippen LogP contribution in [0.3, 0.4) is 0 Å². The fraction of sp³-hybridized carbons (Fsp3) is 0.292. The number of carbonyl (C=O) groups is 2. The van der Waals surface area contributed by atoms with Crippen molar-refractivity contribution in [2.45, 2.75) is 25.4 Å². The van der Waals surface area contributed by atoms with E-state index in [-0.39, 0.29) is 11.9 Å². The predicted molar refractivity (Wildman–Crippen MR) is 127 cm³/mol. The fourth-order valence-corrected chi connectivity index (χ4v) is 4.37. The summed E-state index contributed by atoms with van der Waals surface area (Å²) in [6.07, 6.45) is 2.69. The number of fused-ring (bicyclic) bond motifs is 1. The Balaban J connectivity index is 1.48. The Morgan fingerprint density at radius 2 is 1.85 bits per heavy atom. The van der Waals surface area contributed by atoms with Gasteiger partial charge in [0.25, 0.3) is 0 Å². The zero-order chi connectivity index (χ0) is 23.2. The number of aromatic nitrogens is 1. The van der Waals surface area contributed by atoms with Gasteiger partial charge >= 0.3 is 6.03 Å². The van der Waals surface area contributed by atoms with Crippen molar-refractivity contribution in [2.24, 2.45) is 0 Å². The minimum absolute atomic E-state index is 0.286. The van der Waals surface area contributed by atoms with Crippen molar-refractivity contribution >= 4 is 28.4 Å². The van der Waals surface area contributed by atoms with Crippen LogP contribution in [-0.2, 0) is 24.2 Å². The Bertz CT molecular complexity index is 1110. The largest absolute Gasteiger partial charge is 0.493 e. The number of urea groups is 1. The van der Waals surface area contributed by atoms with Crippen molar-refractivity contribution in [3.63, 3.8) is 0 Å².